The quantitative estimate of drug-likeness (QED) is 0.589. The van der Waals surface area contributed by atoms with E-state index in [-0.39, 0.29) is 12.5 Å². The largest absolute Gasteiger partial charge is 0.484 e. The molecular formula is C19H19NO5. The zero-order chi connectivity index (χ0) is 18.1. The van der Waals surface area contributed by atoms with Gasteiger partial charge in [-0.15, -0.1) is 0 Å². The van der Waals surface area contributed by atoms with Gasteiger partial charge in [-0.25, -0.2) is 4.79 Å². The molecule has 2 aromatic carbocycles. The second-order valence-electron chi connectivity index (χ2n) is 5.24. The van der Waals surface area contributed by atoms with E-state index in [1.807, 2.05) is 6.92 Å². The van der Waals surface area contributed by atoms with Crippen LogP contribution in [-0.4, -0.2) is 31.4 Å². The Morgan fingerprint density at radius 2 is 1.92 bits per heavy atom. The molecule has 1 amide bonds. The third-order valence-corrected chi connectivity index (χ3v) is 3.18. The molecule has 1 N–H and O–H groups in total. The molecule has 0 spiro atoms. The average molecular weight is 341 g/mol. The molecule has 2 aromatic rings. The van der Waals surface area contributed by atoms with Crippen molar-refractivity contribution in [3.63, 3.8) is 0 Å². The van der Waals surface area contributed by atoms with Crippen LogP contribution in [0.1, 0.15) is 34.1 Å². The number of esters is 1. The number of ether oxygens (including phenoxy) is 2. The Morgan fingerprint density at radius 1 is 1.12 bits per heavy atom. The normalized spacial score (nSPS) is 9.96. The fourth-order valence-electron chi connectivity index (χ4n) is 2.03. The van der Waals surface area contributed by atoms with Crippen LogP contribution in [0.15, 0.2) is 48.5 Å². The Morgan fingerprint density at radius 3 is 2.68 bits per heavy atom. The molecule has 0 aliphatic rings. The van der Waals surface area contributed by atoms with E-state index in [9.17, 15) is 14.4 Å². The molecule has 6 heteroatoms. The van der Waals surface area contributed by atoms with Crippen molar-refractivity contribution in [2.75, 3.05) is 18.5 Å². The molecule has 0 saturated heterocycles. The van der Waals surface area contributed by atoms with Crippen LogP contribution in [0.5, 0.6) is 5.75 Å². The third kappa shape index (κ3) is 5.76. The number of nitrogens with one attached hydrogen (secondary N) is 1. The molecule has 0 unspecified atom stereocenters. The molecule has 0 fully saturated rings. The van der Waals surface area contributed by atoms with Crippen molar-refractivity contribution >= 4 is 23.9 Å². The standard InChI is InChI=1S/C19H19NO5/c1-2-9-24-19(23)15-6-4-7-16(11-15)20-18(22)13-25-17-8-3-5-14(10-17)12-21/h3-8,10-12H,2,9,13H2,1H3,(H,20,22). The summed E-state index contributed by atoms with van der Waals surface area (Å²) in [5, 5.41) is 2.65. The summed E-state index contributed by atoms with van der Waals surface area (Å²) in [5.74, 6) is -0.382. The van der Waals surface area contributed by atoms with E-state index in [1.165, 1.54) is 0 Å². The summed E-state index contributed by atoms with van der Waals surface area (Å²) in [7, 11) is 0. The number of aldehydes is 1. The van der Waals surface area contributed by atoms with Gasteiger partial charge < -0.3 is 14.8 Å². The summed E-state index contributed by atoms with van der Waals surface area (Å²) >= 11 is 0. The molecule has 0 aliphatic carbocycles. The van der Waals surface area contributed by atoms with Crippen LogP contribution < -0.4 is 10.1 Å². The lowest BCUT2D eigenvalue weighted by molar-refractivity contribution is -0.118. The van der Waals surface area contributed by atoms with Gasteiger partial charge in [0.15, 0.2) is 6.61 Å². The van der Waals surface area contributed by atoms with Gasteiger partial charge in [0.2, 0.25) is 0 Å². The molecule has 25 heavy (non-hydrogen) atoms. The van der Waals surface area contributed by atoms with Crippen LogP contribution in [0, 0.1) is 0 Å². The van der Waals surface area contributed by atoms with E-state index in [2.05, 4.69) is 5.32 Å². The minimum Gasteiger partial charge on any atom is -0.484 e. The van der Waals surface area contributed by atoms with E-state index in [0.717, 1.165) is 6.42 Å². The zero-order valence-corrected chi connectivity index (χ0v) is 13.9. The molecule has 0 bridgehead atoms. The van der Waals surface area contributed by atoms with Crippen LogP contribution in [0.3, 0.4) is 0 Å². The summed E-state index contributed by atoms with van der Waals surface area (Å²) in [5.41, 5.74) is 1.31. The number of anilines is 1. The van der Waals surface area contributed by atoms with Crippen LogP contribution in [-0.2, 0) is 9.53 Å². The van der Waals surface area contributed by atoms with Gasteiger partial charge in [-0.05, 0) is 36.8 Å². The highest BCUT2D eigenvalue weighted by Crippen LogP contribution is 2.14. The Bertz CT molecular complexity index is 757. The van der Waals surface area contributed by atoms with Gasteiger partial charge in [0.05, 0.1) is 12.2 Å². The van der Waals surface area contributed by atoms with Crippen LogP contribution in [0.4, 0.5) is 5.69 Å². The number of carbonyl (C=O) groups is 3. The van der Waals surface area contributed by atoms with E-state index < -0.39 is 5.97 Å². The highest BCUT2D eigenvalue weighted by atomic mass is 16.5. The maximum atomic E-state index is 12.0. The van der Waals surface area contributed by atoms with Gasteiger partial charge >= 0.3 is 5.97 Å². The summed E-state index contributed by atoms with van der Waals surface area (Å²) in [4.78, 5) is 34.5. The molecule has 130 valence electrons. The number of benzene rings is 2. The Labute approximate surface area is 145 Å². The van der Waals surface area contributed by atoms with Crippen LogP contribution in [0.25, 0.3) is 0 Å². The summed E-state index contributed by atoms with van der Waals surface area (Å²) in [6, 6.07) is 13.0. The lowest BCUT2D eigenvalue weighted by atomic mass is 10.2. The smallest absolute Gasteiger partial charge is 0.338 e. The lowest BCUT2D eigenvalue weighted by Gasteiger charge is -2.09. The average Bonchev–Trinajstić information content (AvgIpc) is 2.64. The zero-order valence-electron chi connectivity index (χ0n) is 13.9. The van der Waals surface area contributed by atoms with Crippen molar-refractivity contribution in [1.82, 2.24) is 0 Å². The number of hydrogen-bond acceptors (Lipinski definition) is 5. The maximum Gasteiger partial charge on any atom is 0.338 e. The first-order valence-electron chi connectivity index (χ1n) is 7.87. The fraction of sp³-hybridized carbons (Fsp3) is 0.211. The number of carbonyl (C=O) groups excluding carboxylic acids is 3. The topological polar surface area (TPSA) is 81.7 Å². The fourth-order valence-corrected chi connectivity index (χ4v) is 2.03. The predicted molar refractivity (Wildman–Crippen MR) is 93.0 cm³/mol. The first kappa shape index (κ1) is 18.2. The van der Waals surface area contributed by atoms with Crippen molar-refractivity contribution < 1.29 is 23.9 Å². The van der Waals surface area contributed by atoms with Gasteiger partial charge in [0, 0.05) is 11.3 Å². The molecule has 0 atom stereocenters. The minimum absolute atomic E-state index is 0.215. The molecule has 0 aliphatic heterocycles. The second kappa shape index (κ2) is 9.22. The molecule has 6 nitrogen and oxygen atoms in total. The molecular weight excluding hydrogens is 322 g/mol. The summed E-state index contributed by atoms with van der Waals surface area (Å²) in [6.45, 7) is 2.05. The van der Waals surface area contributed by atoms with Crippen molar-refractivity contribution in [3.8, 4) is 5.75 Å². The van der Waals surface area contributed by atoms with Crippen molar-refractivity contribution in [2.24, 2.45) is 0 Å². The van der Waals surface area contributed by atoms with Crippen molar-refractivity contribution in [3.05, 3.63) is 59.7 Å². The maximum absolute atomic E-state index is 12.0. The Balaban J connectivity index is 1.91. The molecule has 2 rings (SSSR count). The molecule has 0 aromatic heterocycles. The summed E-state index contributed by atoms with van der Waals surface area (Å²) < 4.78 is 10.4. The van der Waals surface area contributed by atoms with Gasteiger partial charge in [-0.1, -0.05) is 25.1 Å². The summed E-state index contributed by atoms with van der Waals surface area (Å²) in [6.07, 6.45) is 1.45. The van der Waals surface area contributed by atoms with Crippen LogP contribution >= 0.6 is 0 Å². The SMILES string of the molecule is CCCOC(=O)c1cccc(NC(=O)COc2cccc(C=O)c2)c1. The Hall–Kier alpha value is -3.15. The lowest BCUT2D eigenvalue weighted by Crippen LogP contribution is -2.20. The number of rotatable bonds is 8. The highest BCUT2D eigenvalue weighted by Gasteiger charge is 2.09. The predicted octanol–water partition coefficient (Wildman–Crippen LogP) is 3.08. The van der Waals surface area contributed by atoms with Crippen molar-refractivity contribution in [2.45, 2.75) is 13.3 Å². The van der Waals surface area contributed by atoms with Gasteiger partial charge in [-0.3, -0.25) is 9.59 Å². The molecule has 0 radical (unpaired) electrons. The van der Waals surface area contributed by atoms with E-state index in [4.69, 9.17) is 9.47 Å². The monoisotopic (exact) mass is 341 g/mol. The second-order valence-corrected chi connectivity index (χ2v) is 5.24. The molecule has 0 saturated carbocycles. The van der Waals surface area contributed by atoms with Crippen LogP contribution in [0.2, 0.25) is 0 Å². The van der Waals surface area contributed by atoms with E-state index in [1.54, 1.807) is 48.5 Å². The third-order valence-electron chi connectivity index (χ3n) is 3.18. The first-order valence-corrected chi connectivity index (χ1v) is 7.87. The van der Waals surface area contributed by atoms with Crippen molar-refractivity contribution in [1.29, 1.82) is 0 Å². The number of hydrogen-bond donors (Lipinski definition) is 1. The van der Waals surface area contributed by atoms with E-state index >= 15 is 0 Å². The first-order chi connectivity index (χ1) is 12.1. The minimum atomic E-state index is -0.431. The Kier molecular flexibility index (Phi) is 6.71. The number of amides is 1. The highest BCUT2D eigenvalue weighted by molar-refractivity contribution is 5.95. The van der Waals surface area contributed by atoms with Gasteiger partial charge in [-0.2, -0.15) is 0 Å². The van der Waals surface area contributed by atoms with E-state index in [0.29, 0.717) is 35.5 Å². The molecule has 0 heterocycles. The van der Waals surface area contributed by atoms with Gasteiger partial charge in [0.25, 0.3) is 5.91 Å². The van der Waals surface area contributed by atoms with Gasteiger partial charge in [0.1, 0.15) is 12.0 Å².